The van der Waals surface area contributed by atoms with E-state index in [2.05, 4.69) is 38.9 Å². The zero-order valence-electron chi connectivity index (χ0n) is 20.2. The SMILES string of the molecule is CC1(C)CN(Cc2nc(-c3cc(Cl)c4c(c3)CN(Cc3ccc(OC(F)(F)F)cc3)C4=O)no2)CCN1. The lowest BCUT2D eigenvalue weighted by atomic mass is 10.0. The minimum atomic E-state index is -4.76. The van der Waals surface area contributed by atoms with E-state index in [1.54, 1.807) is 11.0 Å². The van der Waals surface area contributed by atoms with Crippen molar-refractivity contribution in [2.45, 2.75) is 45.4 Å². The molecule has 0 saturated carbocycles. The molecule has 1 amide bonds. The van der Waals surface area contributed by atoms with Crippen LogP contribution in [0.4, 0.5) is 13.2 Å². The number of benzene rings is 2. The minimum absolute atomic E-state index is 0.00586. The van der Waals surface area contributed by atoms with Crippen LogP contribution in [-0.2, 0) is 19.6 Å². The van der Waals surface area contributed by atoms with E-state index in [0.717, 1.165) is 25.2 Å². The number of ether oxygens (including phenoxy) is 1. The second-order valence-electron chi connectivity index (χ2n) is 9.88. The molecule has 1 N–H and O–H groups in total. The Morgan fingerprint density at radius 1 is 1.19 bits per heavy atom. The Bertz CT molecular complexity index is 1310. The molecule has 3 aromatic rings. The topological polar surface area (TPSA) is 83.7 Å². The summed E-state index contributed by atoms with van der Waals surface area (Å²) < 4.78 is 46.6. The minimum Gasteiger partial charge on any atom is -0.406 e. The molecule has 0 spiro atoms. The summed E-state index contributed by atoms with van der Waals surface area (Å²) >= 11 is 6.49. The van der Waals surface area contributed by atoms with Crippen molar-refractivity contribution in [1.82, 2.24) is 25.3 Å². The number of amides is 1. The van der Waals surface area contributed by atoms with Crippen LogP contribution in [0.2, 0.25) is 5.02 Å². The highest BCUT2D eigenvalue weighted by molar-refractivity contribution is 6.34. The van der Waals surface area contributed by atoms with Gasteiger partial charge >= 0.3 is 6.36 Å². The van der Waals surface area contributed by atoms with Crippen LogP contribution < -0.4 is 10.1 Å². The second-order valence-corrected chi connectivity index (χ2v) is 10.3. The van der Waals surface area contributed by atoms with Crippen LogP contribution >= 0.6 is 11.6 Å². The summed E-state index contributed by atoms with van der Waals surface area (Å²) in [6.45, 7) is 7.94. The molecule has 37 heavy (non-hydrogen) atoms. The number of hydrogen-bond acceptors (Lipinski definition) is 7. The Hall–Kier alpha value is -3.15. The third-order valence-corrected chi connectivity index (χ3v) is 6.60. The molecular weight excluding hydrogens is 511 g/mol. The Morgan fingerprint density at radius 2 is 1.95 bits per heavy atom. The summed E-state index contributed by atoms with van der Waals surface area (Å²) in [7, 11) is 0. The lowest BCUT2D eigenvalue weighted by Crippen LogP contribution is -2.56. The van der Waals surface area contributed by atoms with Crippen LogP contribution in [0.3, 0.4) is 0 Å². The molecule has 1 saturated heterocycles. The van der Waals surface area contributed by atoms with Gasteiger partial charge in [-0.2, -0.15) is 4.98 Å². The Morgan fingerprint density at radius 3 is 2.65 bits per heavy atom. The molecule has 0 aliphatic carbocycles. The van der Waals surface area contributed by atoms with Crippen LogP contribution in [-0.4, -0.2) is 57.4 Å². The first-order valence-electron chi connectivity index (χ1n) is 11.7. The van der Waals surface area contributed by atoms with Gasteiger partial charge in [0.1, 0.15) is 5.75 Å². The molecule has 0 unspecified atom stereocenters. The van der Waals surface area contributed by atoms with E-state index in [0.29, 0.717) is 41.5 Å². The van der Waals surface area contributed by atoms with Gasteiger partial charge in [0, 0.05) is 43.8 Å². The number of nitrogens with zero attached hydrogens (tertiary/aromatic N) is 4. The van der Waals surface area contributed by atoms with E-state index in [1.807, 2.05) is 6.07 Å². The molecule has 12 heteroatoms. The summed E-state index contributed by atoms with van der Waals surface area (Å²) in [6.07, 6.45) is -4.76. The number of piperazine rings is 1. The maximum absolute atomic E-state index is 13.0. The largest absolute Gasteiger partial charge is 0.573 e. The number of nitrogens with one attached hydrogen (secondary N) is 1. The second kappa shape index (κ2) is 9.62. The predicted molar refractivity (Wildman–Crippen MR) is 129 cm³/mol. The molecule has 0 bridgehead atoms. The quantitative estimate of drug-likeness (QED) is 0.493. The zero-order valence-corrected chi connectivity index (χ0v) is 21.0. The predicted octanol–water partition coefficient (Wildman–Crippen LogP) is 4.63. The van der Waals surface area contributed by atoms with Crippen molar-refractivity contribution in [1.29, 1.82) is 0 Å². The third-order valence-electron chi connectivity index (χ3n) is 6.30. The van der Waals surface area contributed by atoms with Crippen molar-refractivity contribution in [3.8, 4) is 17.1 Å². The number of carbonyl (C=O) groups excluding carboxylic acids is 1. The molecule has 1 aromatic heterocycles. The molecule has 3 heterocycles. The fourth-order valence-corrected chi connectivity index (χ4v) is 5.07. The normalized spacial score (nSPS) is 17.8. The van der Waals surface area contributed by atoms with Gasteiger partial charge in [-0.05, 0) is 49.2 Å². The first-order valence-corrected chi connectivity index (χ1v) is 12.1. The Labute approximate surface area is 216 Å². The van der Waals surface area contributed by atoms with Gasteiger partial charge in [0.05, 0.1) is 17.1 Å². The maximum atomic E-state index is 13.0. The number of carbonyl (C=O) groups is 1. The van der Waals surface area contributed by atoms with Gasteiger partial charge < -0.3 is 19.5 Å². The first kappa shape index (κ1) is 25.5. The van der Waals surface area contributed by atoms with Crippen molar-refractivity contribution in [3.63, 3.8) is 0 Å². The van der Waals surface area contributed by atoms with Crippen LogP contribution in [0.25, 0.3) is 11.4 Å². The molecule has 8 nitrogen and oxygen atoms in total. The lowest BCUT2D eigenvalue weighted by molar-refractivity contribution is -0.274. The van der Waals surface area contributed by atoms with Crippen LogP contribution in [0, 0.1) is 0 Å². The van der Waals surface area contributed by atoms with Crippen molar-refractivity contribution in [2.24, 2.45) is 0 Å². The molecular formula is C25H25ClF3N5O3. The maximum Gasteiger partial charge on any atom is 0.573 e. The van der Waals surface area contributed by atoms with Crippen LogP contribution in [0.1, 0.15) is 41.2 Å². The van der Waals surface area contributed by atoms with E-state index in [-0.39, 0.29) is 28.8 Å². The highest BCUT2D eigenvalue weighted by atomic mass is 35.5. The van der Waals surface area contributed by atoms with Gasteiger partial charge in [-0.25, -0.2) is 0 Å². The number of alkyl halides is 3. The average molecular weight is 536 g/mol. The molecule has 196 valence electrons. The van der Waals surface area contributed by atoms with Crippen LogP contribution in [0.15, 0.2) is 40.9 Å². The fourth-order valence-electron chi connectivity index (χ4n) is 4.75. The van der Waals surface area contributed by atoms with Gasteiger partial charge in [0.25, 0.3) is 5.91 Å². The summed E-state index contributed by atoms with van der Waals surface area (Å²) in [5.74, 6) is 0.317. The highest BCUT2D eigenvalue weighted by Gasteiger charge is 2.33. The van der Waals surface area contributed by atoms with Gasteiger partial charge in [0.2, 0.25) is 11.7 Å². The van der Waals surface area contributed by atoms with E-state index in [9.17, 15) is 18.0 Å². The Balaban J connectivity index is 1.28. The van der Waals surface area contributed by atoms with Crippen LogP contribution in [0.5, 0.6) is 5.75 Å². The van der Waals surface area contributed by atoms with E-state index >= 15 is 0 Å². The molecule has 0 atom stereocenters. The van der Waals surface area contributed by atoms with Crippen molar-refractivity contribution < 1.29 is 27.2 Å². The van der Waals surface area contributed by atoms with E-state index in [4.69, 9.17) is 16.1 Å². The number of aromatic nitrogens is 2. The average Bonchev–Trinajstić information content (AvgIpc) is 3.38. The smallest absolute Gasteiger partial charge is 0.406 e. The molecule has 2 aromatic carbocycles. The lowest BCUT2D eigenvalue weighted by Gasteiger charge is -2.38. The molecule has 0 radical (unpaired) electrons. The fraction of sp³-hybridized carbons (Fsp3) is 0.400. The Kier molecular flexibility index (Phi) is 6.63. The number of rotatable bonds is 6. The molecule has 2 aliphatic heterocycles. The summed E-state index contributed by atoms with van der Waals surface area (Å²) in [6, 6.07) is 8.89. The van der Waals surface area contributed by atoms with Gasteiger partial charge in [-0.3, -0.25) is 9.69 Å². The molecule has 5 rings (SSSR count). The van der Waals surface area contributed by atoms with Gasteiger partial charge in [0.15, 0.2) is 0 Å². The monoisotopic (exact) mass is 535 g/mol. The van der Waals surface area contributed by atoms with Crippen molar-refractivity contribution in [3.05, 3.63) is 64.0 Å². The summed E-state index contributed by atoms with van der Waals surface area (Å²) in [5.41, 5.74) is 2.42. The number of halogens is 4. The number of fused-ring (bicyclic) bond motifs is 1. The van der Waals surface area contributed by atoms with Crippen molar-refractivity contribution >= 4 is 17.5 Å². The molecule has 1 fully saturated rings. The number of hydrogen-bond donors (Lipinski definition) is 1. The summed E-state index contributed by atoms with van der Waals surface area (Å²) in [4.78, 5) is 21.4. The third kappa shape index (κ3) is 5.89. The van der Waals surface area contributed by atoms with E-state index in [1.165, 1.54) is 24.3 Å². The van der Waals surface area contributed by atoms with E-state index < -0.39 is 6.36 Å². The van der Waals surface area contributed by atoms with Crippen molar-refractivity contribution in [2.75, 3.05) is 19.6 Å². The summed E-state index contributed by atoms with van der Waals surface area (Å²) in [5, 5.41) is 7.87. The first-order chi connectivity index (χ1) is 17.5. The molecule has 2 aliphatic rings. The zero-order chi connectivity index (χ0) is 26.4. The van der Waals surface area contributed by atoms with Gasteiger partial charge in [-0.1, -0.05) is 28.9 Å². The standard InChI is InChI=1S/C25H25ClF3N5O3/c1-24(2)14-33(8-7-30-24)13-20-31-22(32-37-20)16-9-17-12-34(23(35)21(17)19(26)10-16)11-15-3-5-18(6-4-15)36-25(27,28)29/h3-6,9-10,30H,7-8,11-14H2,1-2H3. The highest BCUT2D eigenvalue weighted by Crippen LogP contribution is 2.34. The van der Waals surface area contributed by atoms with Gasteiger partial charge in [-0.15, -0.1) is 13.2 Å².